The van der Waals surface area contributed by atoms with Crippen molar-refractivity contribution in [1.29, 1.82) is 0 Å². The van der Waals surface area contributed by atoms with E-state index in [9.17, 15) is 19.7 Å². The summed E-state index contributed by atoms with van der Waals surface area (Å²) in [7, 11) is 1.50. The number of rotatable bonds is 6. The first-order chi connectivity index (χ1) is 12.3. The van der Waals surface area contributed by atoms with E-state index in [0.29, 0.717) is 11.3 Å². The topological polar surface area (TPSA) is 92.6 Å². The molecule has 2 aromatic carbocycles. The third kappa shape index (κ3) is 4.89. The van der Waals surface area contributed by atoms with Crippen molar-refractivity contribution in [1.82, 2.24) is 4.90 Å². The number of hydrogen-bond donors (Lipinski definition) is 1. The Morgan fingerprint density at radius 1 is 1.15 bits per heavy atom. The molecule has 0 unspecified atom stereocenters. The second-order valence-electron chi connectivity index (χ2n) is 6.18. The Morgan fingerprint density at radius 2 is 1.85 bits per heavy atom. The largest absolute Gasteiger partial charge is 0.336 e. The molecule has 1 N–H and O–H groups in total. The van der Waals surface area contributed by atoms with Crippen molar-refractivity contribution < 1.29 is 14.5 Å². The van der Waals surface area contributed by atoms with E-state index < -0.39 is 4.92 Å². The monoisotopic (exact) mass is 355 g/mol. The van der Waals surface area contributed by atoms with Crippen LogP contribution in [0.5, 0.6) is 0 Å². The Labute approximate surface area is 151 Å². The van der Waals surface area contributed by atoms with E-state index in [0.717, 1.165) is 11.1 Å². The normalized spacial score (nSPS) is 10.3. The lowest BCUT2D eigenvalue weighted by atomic mass is 10.1. The van der Waals surface area contributed by atoms with Crippen molar-refractivity contribution in [2.75, 3.05) is 18.9 Å². The maximum absolute atomic E-state index is 12.3. The third-order valence-corrected chi connectivity index (χ3v) is 4.00. The number of para-hydroxylation sites is 1. The number of nitro groups is 1. The number of likely N-dealkylation sites (N-methyl/N-ethyl adjacent to an activating group) is 1. The molecule has 0 aliphatic heterocycles. The summed E-state index contributed by atoms with van der Waals surface area (Å²) in [4.78, 5) is 36.3. The molecule has 0 bridgehead atoms. The van der Waals surface area contributed by atoms with Crippen molar-refractivity contribution >= 4 is 23.2 Å². The second kappa shape index (κ2) is 8.24. The van der Waals surface area contributed by atoms with Crippen LogP contribution < -0.4 is 5.32 Å². The van der Waals surface area contributed by atoms with Crippen molar-refractivity contribution in [3.05, 3.63) is 69.3 Å². The number of nitrogens with zero attached hydrogens (tertiary/aromatic N) is 2. The fourth-order valence-corrected chi connectivity index (χ4v) is 2.50. The summed E-state index contributed by atoms with van der Waals surface area (Å²) in [5, 5.41) is 13.8. The van der Waals surface area contributed by atoms with Gasteiger partial charge in [-0.1, -0.05) is 30.3 Å². The van der Waals surface area contributed by atoms with E-state index in [1.54, 1.807) is 18.2 Å². The number of anilines is 1. The molecule has 7 heteroatoms. The summed E-state index contributed by atoms with van der Waals surface area (Å²) in [6.45, 7) is 3.68. The molecule has 26 heavy (non-hydrogen) atoms. The number of carbonyl (C=O) groups is 2. The zero-order valence-electron chi connectivity index (χ0n) is 15.0. The fraction of sp³-hybridized carbons (Fsp3) is 0.263. The van der Waals surface area contributed by atoms with Gasteiger partial charge in [0.15, 0.2) is 0 Å². The highest BCUT2D eigenvalue weighted by Gasteiger charge is 2.19. The van der Waals surface area contributed by atoms with Gasteiger partial charge in [0.1, 0.15) is 0 Å². The number of aryl methyl sites for hydroxylation is 2. The van der Waals surface area contributed by atoms with Gasteiger partial charge in [0.25, 0.3) is 5.69 Å². The van der Waals surface area contributed by atoms with E-state index in [2.05, 4.69) is 5.32 Å². The van der Waals surface area contributed by atoms with Gasteiger partial charge >= 0.3 is 0 Å². The lowest BCUT2D eigenvalue weighted by molar-refractivity contribution is -0.385. The minimum atomic E-state index is -0.518. The van der Waals surface area contributed by atoms with Crippen LogP contribution >= 0.6 is 0 Å². The maximum Gasteiger partial charge on any atom is 0.273 e. The molecule has 0 fully saturated rings. The predicted octanol–water partition coefficient (Wildman–Crippen LogP) is 2.85. The third-order valence-electron chi connectivity index (χ3n) is 4.00. The molecule has 2 rings (SSSR count). The summed E-state index contributed by atoms with van der Waals surface area (Å²) in [5.74, 6) is -0.687. The van der Waals surface area contributed by atoms with Crippen LogP contribution in [0.3, 0.4) is 0 Å². The van der Waals surface area contributed by atoms with Crippen LogP contribution in [0.1, 0.15) is 16.7 Å². The van der Waals surface area contributed by atoms with Gasteiger partial charge in [-0.2, -0.15) is 0 Å². The minimum absolute atomic E-state index is 0.103. The van der Waals surface area contributed by atoms with Gasteiger partial charge in [0, 0.05) is 24.4 Å². The molecule has 0 aliphatic rings. The molecule has 2 aromatic rings. The van der Waals surface area contributed by atoms with Crippen molar-refractivity contribution in [3.8, 4) is 0 Å². The highest BCUT2D eigenvalue weighted by atomic mass is 16.6. The summed E-state index contributed by atoms with van der Waals surface area (Å²) in [5.41, 5.74) is 2.87. The highest BCUT2D eigenvalue weighted by molar-refractivity contribution is 5.95. The van der Waals surface area contributed by atoms with Gasteiger partial charge in [-0.05, 0) is 31.0 Å². The summed E-state index contributed by atoms with van der Waals surface area (Å²) in [6.07, 6.45) is -0.135. The van der Waals surface area contributed by atoms with E-state index in [4.69, 9.17) is 0 Å². The first-order valence-corrected chi connectivity index (χ1v) is 8.11. The van der Waals surface area contributed by atoms with Crippen LogP contribution in [0.2, 0.25) is 0 Å². The molecule has 0 saturated heterocycles. The van der Waals surface area contributed by atoms with Crippen LogP contribution in [0.15, 0.2) is 42.5 Å². The zero-order valence-corrected chi connectivity index (χ0v) is 15.0. The van der Waals surface area contributed by atoms with E-state index >= 15 is 0 Å². The van der Waals surface area contributed by atoms with Crippen molar-refractivity contribution in [2.45, 2.75) is 20.3 Å². The Bertz CT molecular complexity index is 848. The van der Waals surface area contributed by atoms with Gasteiger partial charge < -0.3 is 10.2 Å². The van der Waals surface area contributed by atoms with Gasteiger partial charge in [0.2, 0.25) is 11.8 Å². The van der Waals surface area contributed by atoms with Gasteiger partial charge in [-0.15, -0.1) is 0 Å². The number of benzene rings is 2. The molecule has 0 saturated carbocycles. The lowest BCUT2D eigenvalue weighted by Gasteiger charge is -2.17. The van der Waals surface area contributed by atoms with Crippen LogP contribution in [0.25, 0.3) is 0 Å². The zero-order chi connectivity index (χ0) is 19.3. The smallest absolute Gasteiger partial charge is 0.273 e. The number of hydrogen-bond acceptors (Lipinski definition) is 4. The lowest BCUT2D eigenvalue weighted by Crippen LogP contribution is -2.36. The molecule has 0 atom stereocenters. The summed E-state index contributed by atoms with van der Waals surface area (Å²) in [6, 6.07) is 11.8. The van der Waals surface area contributed by atoms with Gasteiger partial charge in [-0.25, -0.2) is 0 Å². The molecule has 0 heterocycles. The van der Waals surface area contributed by atoms with Crippen LogP contribution in [-0.4, -0.2) is 35.2 Å². The SMILES string of the molecule is Cc1ccc(C)c(NC(=O)CN(C)C(=O)Cc2ccccc2[N+](=O)[O-])c1. The fourth-order valence-electron chi connectivity index (χ4n) is 2.50. The minimum Gasteiger partial charge on any atom is -0.336 e. The summed E-state index contributed by atoms with van der Waals surface area (Å²) < 4.78 is 0. The quantitative estimate of drug-likeness (QED) is 0.637. The molecule has 136 valence electrons. The number of amides is 2. The Hall–Kier alpha value is -3.22. The van der Waals surface area contributed by atoms with Crippen LogP contribution in [0.4, 0.5) is 11.4 Å². The highest BCUT2D eigenvalue weighted by Crippen LogP contribution is 2.19. The predicted molar refractivity (Wildman–Crippen MR) is 99.0 cm³/mol. The maximum atomic E-state index is 12.3. The molecule has 2 amide bonds. The van der Waals surface area contributed by atoms with Gasteiger partial charge in [-0.3, -0.25) is 19.7 Å². The number of nitrogens with one attached hydrogen (secondary N) is 1. The molecule has 7 nitrogen and oxygen atoms in total. The molecular formula is C19H21N3O4. The first kappa shape index (κ1) is 19.1. The Morgan fingerprint density at radius 3 is 2.54 bits per heavy atom. The van der Waals surface area contributed by atoms with E-state index in [-0.39, 0.29) is 30.5 Å². The average molecular weight is 355 g/mol. The average Bonchev–Trinajstić information content (AvgIpc) is 2.58. The van der Waals surface area contributed by atoms with E-state index in [1.165, 1.54) is 18.0 Å². The Kier molecular flexibility index (Phi) is 6.06. The van der Waals surface area contributed by atoms with Crippen LogP contribution in [0, 0.1) is 24.0 Å². The molecule has 0 aliphatic carbocycles. The number of nitro benzene ring substituents is 1. The summed E-state index contributed by atoms with van der Waals surface area (Å²) >= 11 is 0. The van der Waals surface area contributed by atoms with Crippen LogP contribution in [-0.2, 0) is 16.0 Å². The Balaban J connectivity index is 2.00. The first-order valence-electron chi connectivity index (χ1n) is 8.11. The van der Waals surface area contributed by atoms with Crippen molar-refractivity contribution in [3.63, 3.8) is 0 Å². The number of carbonyl (C=O) groups excluding carboxylic acids is 2. The molecule has 0 spiro atoms. The second-order valence-corrected chi connectivity index (χ2v) is 6.18. The standard InChI is InChI=1S/C19H21N3O4/c1-13-8-9-14(2)16(10-13)20-18(23)12-21(3)19(24)11-15-6-4-5-7-17(15)22(25)26/h4-10H,11-12H2,1-3H3,(H,20,23). The molecular weight excluding hydrogens is 334 g/mol. The van der Waals surface area contributed by atoms with E-state index in [1.807, 2.05) is 32.0 Å². The molecule has 0 radical (unpaired) electrons. The van der Waals surface area contributed by atoms with Gasteiger partial charge in [0.05, 0.1) is 17.9 Å². The van der Waals surface area contributed by atoms with Crippen molar-refractivity contribution in [2.24, 2.45) is 0 Å². The molecule has 0 aromatic heterocycles.